The first-order valence-electron chi connectivity index (χ1n) is 6.88. The molecule has 1 aliphatic rings. The van der Waals surface area contributed by atoms with E-state index in [-0.39, 0.29) is 5.91 Å². The van der Waals surface area contributed by atoms with Gasteiger partial charge in [0.05, 0.1) is 0 Å². The molecule has 2 N–H and O–H groups in total. The van der Waals surface area contributed by atoms with Gasteiger partial charge in [0.25, 0.3) is 5.91 Å². The number of rotatable bonds is 4. The van der Waals surface area contributed by atoms with Crippen LogP contribution in [-0.2, 0) is 0 Å². The highest BCUT2D eigenvalue weighted by Gasteiger charge is 2.19. The fraction of sp³-hybridized carbons (Fsp3) is 0.429. The second-order valence-corrected chi connectivity index (χ2v) is 6.74. The minimum absolute atomic E-state index is 0.249. The molecule has 0 aliphatic carbocycles. The number of hydrogen-bond acceptors (Lipinski definition) is 6. The third-order valence-corrected chi connectivity index (χ3v) is 5.19. The molecule has 0 bridgehead atoms. The quantitative estimate of drug-likeness (QED) is 0.846. The maximum Gasteiger partial charge on any atom is 0.293 e. The van der Waals surface area contributed by atoms with E-state index in [1.807, 2.05) is 12.5 Å². The van der Waals surface area contributed by atoms with Crippen molar-refractivity contribution in [3.8, 4) is 0 Å². The zero-order valence-corrected chi connectivity index (χ0v) is 13.4. The van der Waals surface area contributed by atoms with Crippen LogP contribution in [0.3, 0.4) is 0 Å². The largest absolute Gasteiger partial charge is 0.445 e. The summed E-state index contributed by atoms with van der Waals surface area (Å²) in [5, 5.41) is 7.52. The van der Waals surface area contributed by atoms with E-state index in [1.54, 1.807) is 23.5 Å². The highest BCUT2D eigenvalue weighted by Crippen LogP contribution is 2.31. The van der Waals surface area contributed by atoms with Crippen LogP contribution in [0.5, 0.6) is 0 Å². The molecule has 3 rings (SSSR count). The third kappa shape index (κ3) is 3.48. The second kappa shape index (κ2) is 6.64. The molecule has 0 atom stereocenters. The number of carbonyl (C=O) groups is 1. The van der Waals surface area contributed by atoms with Gasteiger partial charge >= 0.3 is 0 Å². The lowest BCUT2D eigenvalue weighted by atomic mass is 9.97. The van der Waals surface area contributed by atoms with Crippen molar-refractivity contribution < 1.29 is 9.21 Å². The van der Waals surface area contributed by atoms with Crippen molar-refractivity contribution in [3.05, 3.63) is 29.0 Å². The van der Waals surface area contributed by atoms with E-state index in [4.69, 9.17) is 4.42 Å². The van der Waals surface area contributed by atoms with Gasteiger partial charge in [0.2, 0.25) is 0 Å². The van der Waals surface area contributed by atoms with Crippen molar-refractivity contribution in [2.75, 3.05) is 24.7 Å². The molecular formula is C14H17N3O2S2. The van der Waals surface area contributed by atoms with Crippen molar-refractivity contribution in [2.24, 2.45) is 0 Å². The van der Waals surface area contributed by atoms with E-state index in [2.05, 4.69) is 15.6 Å². The molecule has 0 saturated carbocycles. The molecule has 5 nitrogen and oxygen atoms in total. The van der Waals surface area contributed by atoms with Crippen molar-refractivity contribution in [1.82, 2.24) is 10.3 Å². The fourth-order valence-electron chi connectivity index (χ4n) is 2.35. The van der Waals surface area contributed by atoms with E-state index in [9.17, 15) is 4.79 Å². The average molecular weight is 323 g/mol. The van der Waals surface area contributed by atoms with Gasteiger partial charge in [0, 0.05) is 11.1 Å². The number of hydrogen-bond donors (Lipinski definition) is 2. The maximum absolute atomic E-state index is 12.1. The fourth-order valence-corrected chi connectivity index (χ4v) is 3.71. The minimum atomic E-state index is -0.249. The topological polar surface area (TPSA) is 67.2 Å². The van der Waals surface area contributed by atoms with Crippen molar-refractivity contribution in [1.29, 1.82) is 0 Å². The molecular weight excluding hydrogens is 306 g/mol. The molecule has 1 saturated heterocycles. The highest BCUT2D eigenvalue weighted by molar-refractivity contribution is 7.98. The maximum atomic E-state index is 12.1. The summed E-state index contributed by atoms with van der Waals surface area (Å²) < 4.78 is 5.41. The molecule has 0 radical (unpaired) electrons. The monoisotopic (exact) mass is 323 g/mol. The Morgan fingerprint density at radius 3 is 3.00 bits per heavy atom. The van der Waals surface area contributed by atoms with Crippen LogP contribution in [0, 0.1) is 0 Å². The Bertz CT molecular complexity index is 617. The number of thioether (sulfide) groups is 1. The Morgan fingerprint density at radius 1 is 1.48 bits per heavy atom. The number of nitrogens with one attached hydrogen (secondary N) is 2. The molecule has 0 unspecified atom stereocenters. The Balaban J connectivity index is 1.64. The first-order chi connectivity index (χ1) is 10.3. The van der Waals surface area contributed by atoms with Crippen LogP contribution in [0.4, 0.5) is 5.13 Å². The number of nitrogens with zero attached hydrogens (tertiary/aromatic N) is 1. The number of aromatic nitrogens is 1. The molecule has 1 amide bonds. The number of piperidine rings is 1. The van der Waals surface area contributed by atoms with Crippen molar-refractivity contribution in [3.63, 3.8) is 0 Å². The van der Waals surface area contributed by atoms with E-state index in [0.29, 0.717) is 16.8 Å². The van der Waals surface area contributed by atoms with Gasteiger partial charge in [-0.2, -0.15) is 0 Å². The van der Waals surface area contributed by atoms with E-state index in [1.165, 1.54) is 16.6 Å². The van der Waals surface area contributed by atoms with Gasteiger partial charge in [-0.15, -0.1) is 11.3 Å². The van der Waals surface area contributed by atoms with E-state index in [0.717, 1.165) is 31.0 Å². The van der Waals surface area contributed by atoms with Crippen LogP contribution < -0.4 is 10.6 Å². The molecule has 21 heavy (non-hydrogen) atoms. The number of anilines is 1. The number of furan rings is 1. The van der Waals surface area contributed by atoms with Crippen molar-refractivity contribution >= 4 is 34.1 Å². The first-order valence-corrected chi connectivity index (χ1v) is 8.92. The Morgan fingerprint density at radius 2 is 2.29 bits per heavy atom. The molecule has 1 fully saturated rings. The van der Waals surface area contributed by atoms with Gasteiger partial charge in [-0.3, -0.25) is 10.1 Å². The average Bonchev–Trinajstić information content (AvgIpc) is 3.17. The summed E-state index contributed by atoms with van der Waals surface area (Å²) in [4.78, 5) is 17.6. The van der Waals surface area contributed by atoms with Gasteiger partial charge in [-0.25, -0.2) is 4.98 Å². The van der Waals surface area contributed by atoms with Gasteiger partial charge in [0.15, 0.2) is 16.0 Å². The molecule has 2 aromatic rings. The summed E-state index contributed by atoms with van der Waals surface area (Å²) in [6.45, 7) is 2.10. The summed E-state index contributed by atoms with van der Waals surface area (Å²) in [6.07, 6.45) is 6.05. The first kappa shape index (κ1) is 14.6. The summed E-state index contributed by atoms with van der Waals surface area (Å²) in [7, 11) is 0. The van der Waals surface area contributed by atoms with E-state index >= 15 is 0 Å². The zero-order valence-electron chi connectivity index (χ0n) is 11.7. The van der Waals surface area contributed by atoms with Gasteiger partial charge in [-0.1, -0.05) is 11.8 Å². The van der Waals surface area contributed by atoms with Gasteiger partial charge < -0.3 is 9.73 Å². The predicted molar refractivity (Wildman–Crippen MR) is 85.4 cm³/mol. The number of amides is 1. The van der Waals surface area contributed by atoms with Crippen LogP contribution in [0.15, 0.2) is 27.8 Å². The van der Waals surface area contributed by atoms with Crippen molar-refractivity contribution in [2.45, 2.75) is 23.9 Å². The molecule has 112 valence electrons. The summed E-state index contributed by atoms with van der Waals surface area (Å²) >= 11 is 3.03. The number of carbonyl (C=O) groups excluding carboxylic acids is 1. The SMILES string of the molecule is CSc1ccc(C(=O)Nc2ncc(C3CCNCC3)s2)o1. The second-order valence-electron chi connectivity index (χ2n) is 4.87. The van der Waals surface area contributed by atoms with Crippen LogP contribution in [0.25, 0.3) is 0 Å². The van der Waals surface area contributed by atoms with Crippen LogP contribution in [-0.4, -0.2) is 30.2 Å². The Hall–Kier alpha value is -1.31. The van der Waals surface area contributed by atoms with Crippen LogP contribution in [0.1, 0.15) is 34.2 Å². The van der Waals surface area contributed by atoms with Gasteiger partial charge in [0.1, 0.15) is 0 Å². The number of thiazole rings is 1. The minimum Gasteiger partial charge on any atom is -0.445 e. The third-order valence-electron chi connectivity index (χ3n) is 3.49. The standard InChI is InChI=1S/C14H17N3O2S2/c1-20-12-3-2-10(19-12)13(18)17-14-16-8-11(21-14)9-4-6-15-7-5-9/h2-3,8-9,15H,4-7H2,1H3,(H,16,17,18). The lowest BCUT2D eigenvalue weighted by molar-refractivity contribution is 0.0992. The lowest BCUT2D eigenvalue weighted by Gasteiger charge is -2.20. The molecule has 7 heteroatoms. The molecule has 0 aromatic carbocycles. The predicted octanol–water partition coefficient (Wildman–Crippen LogP) is 3.18. The Labute approximate surface area is 131 Å². The smallest absolute Gasteiger partial charge is 0.293 e. The van der Waals surface area contributed by atoms with Crippen LogP contribution >= 0.6 is 23.1 Å². The Kier molecular flexibility index (Phi) is 4.62. The molecule has 1 aliphatic heterocycles. The normalized spacial score (nSPS) is 16.0. The summed E-state index contributed by atoms with van der Waals surface area (Å²) in [6, 6.07) is 3.48. The lowest BCUT2D eigenvalue weighted by Crippen LogP contribution is -2.26. The molecule has 0 spiro atoms. The highest BCUT2D eigenvalue weighted by atomic mass is 32.2. The summed E-state index contributed by atoms with van der Waals surface area (Å²) in [5.74, 6) is 0.626. The molecule has 3 heterocycles. The molecule has 2 aromatic heterocycles. The summed E-state index contributed by atoms with van der Waals surface area (Å²) in [5.41, 5.74) is 0. The zero-order chi connectivity index (χ0) is 14.7. The van der Waals surface area contributed by atoms with Gasteiger partial charge in [-0.05, 0) is 50.2 Å². The van der Waals surface area contributed by atoms with Crippen LogP contribution in [0.2, 0.25) is 0 Å². The van der Waals surface area contributed by atoms with E-state index < -0.39 is 0 Å².